The van der Waals surface area contributed by atoms with Gasteiger partial charge in [-0.25, -0.2) is 4.98 Å². The summed E-state index contributed by atoms with van der Waals surface area (Å²) >= 11 is 0. The molecule has 0 fully saturated rings. The minimum Gasteiger partial charge on any atom is -0.341 e. The summed E-state index contributed by atoms with van der Waals surface area (Å²) < 4.78 is 1.76. The number of rotatable bonds is 4. The summed E-state index contributed by atoms with van der Waals surface area (Å²) in [6.45, 7) is 3.79. The molecule has 0 radical (unpaired) electrons. The van der Waals surface area contributed by atoms with E-state index < -0.39 is 17.2 Å². The minimum absolute atomic E-state index is 0.172. The first-order valence-corrected chi connectivity index (χ1v) is 7.40. The molecule has 0 spiro atoms. The van der Waals surface area contributed by atoms with Gasteiger partial charge < -0.3 is 15.2 Å². The van der Waals surface area contributed by atoms with Crippen molar-refractivity contribution in [3.8, 4) is 6.07 Å². The lowest BCUT2D eigenvalue weighted by molar-refractivity contribution is -0.136. The van der Waals surface area contributed by atoms with E-state index in [1.807, 2.05) is 13.8 Å². The number of carbonyl (C=O) groups is 2. The minimum atomic E-state index is -0.753. The topological polar surface area (TPSA) is 99.8 Å². The van der Waals surface area contributed by atoms with Crippen LogP contribution < -0.4 is 10.6 Å². The molecule has 0 aliphatic heterocycles. The van der Waals surface area contributed by atoms with E-state index in [1.165, 1.54) is 0 Å². The Kier molecular flexibility index (Phi) is 4.99. The van der Waals surface area contributed by atoms with Gasteiger partial charge in [0.2, 0.25) is 0 Å². The monoisotopic (exact) mass is 325 g/mol. The van der Waals surface area contributed by atoms with Crippen LogP contribution >= 0.6 is 0 Å². The van der Waals surface area contributed by atoms with E-state index in [0.717, 1.165) is 5.56 Å². The molecule has 0 saturated heterocycles. The Balaban J connectivity index is 1.93. The quantitative estimate of drug-likeness (QED) is 0.832. The third-order valence-corrected chi connectivity index (χ3v) is 3.68. The van der Waals surface area contributed by atoms with E-state index in [-0.39, 0.29) is 6.54 Å². The molecule has 1 aromatic heterocycles. The molecule has 2 N–H and O–H groups in total. The van der Waals surface area contributed by atoms with Gasteiger partial charge in [0.25, 0.3) is 0 Å². The van der Waals surface area contributed by atoms with Crippen LogP contribution in [0.2, 0.25) is 0 Å². The van der Waals surface area contributed by atoms with Crippen LogP contribution in [0.1, 0.15) is 25.2 Å². The number of anilines is 1. The number of hydrogen-bond acceptors (Lipinski definition) is 4. The van der Waals surface area contributed by atoms with Crippen LogP contribution in [-0.2, 0) is 28.6 Å². The predicted octanol–water partition coefficient (Wildman–Crippen LogP) is 1.48. The van der Waals surface area contributed by atoms with Crippen LogP contribution in [0.4, 0.5) is 5.69 Å². The number of aryl methyl sites for hydroxylation is 1. The van der Waals surface area contributed by atoms with E-state index in [0.29, 0.717) is 11.5 Å². The zero-order valence-electron chi connectivity index (χ0n) is 13.8. The van der Waals surface area contributed by atoms with Gasteiger partial charge in [0.15, 0.2) is 0 Å². The number of imidazole rings is 1. The van der Waals surface area contributed by atoms with E-state index in [9.17, 15) is 9.59 Å². The molecule has 2 aromatic rings. The van der Waals surface area contributed by atoms with Crippen LogP contribution in [0.25, 0.3) is 0 Å². The van der Waals surface area contributed by atoms with Crippen LogP contribution in [0.3, 0.4) is 0 Å². The normalized spacial score (nSPS) is 10.8. The average Bonchev–Trinajstić information content (AvgIpc) is 2.98. The molecular formula is C17H19N5O2. The third kappa shape index (κ3) is 3.98. The maximum atomic E-state index is 11.9. The lowest BCUT2D eigenvalue weighted by Gasteiger charge is -2.16. The van der Waals surface area contributed by atoms with Crippen molar-refractivity contribution in [2.24, 2.45) is 7.05 Å². The maximum Gasteiger partial charge on any atom is 0.313 e. The highest BCUT2D eigenvalue weighted by molar-refractivity contribution is 6.39. The summed E-state index contributed by atoms with van der Waals surface area (Å²) in [6.07, 6.45) is 3.37. The Bertz CT molecular complexity index is 784. The second-order valence-electron chi connectivity index (χ2n) is 5.91. The van der Waals surface area contributed by atoms with E-state index in [2.05, 4.69) is 21.7 Å². The van der Waals surface area contributed by atoms with Crippen molar-refractivity contribution < 1.29 is 9.59 Å². The van der Waals surface area contributed by atoms with Gasteiger partial charge in [0.1, 0.15) is 5.82 Å². The maximum absolute atomic E-state index is 11.9. The highest BCUT2D eigenvalue weighted by atomic mass is 16.2. The molecule has 7 heteroatoms. The molecular weight excluding hydrogens is 306 g/mol. The molecule has 2 rings (SSSR count). The van der Waals surface area contributed by atoms with Crippen LogP contribution in [0, 0.1) is 11.3 Å². The summed E-state index contributed by atoms with van der Waals surface area (Å²) in [6, 6.07) is 9.05. The molecule has 1 heterocycles. The van der Waals surface area contributed by atoms with Gasteiger partial charge in [-0.3, -0.25) is 9.59 Å². The molecule has 0 aliphatic carbocycles. The van der Waals surface area contributed by atoms with Gasteiger partial charge in [0.05, 0.1) is 18.0 Å². The molecule has 0 atom stereocenters. The zero-order valence-corrected chi connectivity index (χ0v) is 13.8. The molecule has 124 valence electrons. The summed E-state index contributed by atoms with van der Waals surface area (Å²) in [4.78, 5) is 27.8. The van der Waals surface area contributed by atoms with Crippen molar-refractivity contribution in [2.45, 2.75) is 25.8 Å². The van der Waals surface area contributed by atoms with Gasteiger partial charge in [-0.05, 0) is 31.5 Å². The lowest BCUT2D eigenvalue weighted by Crippen LogP contribution is -2.35. The number of nitrogens with zero attached hydrogens (tertiary/aromatic N) is 3. The summed E-state index contributed by atoms with van der Waals surface area (Å²) in [5.74, 6) is -0.838. The Morgan fingerprint density at radius 1 is 1.25 bits per heavy atom. The molecule has 2 amide bonds. The Morgan fingerprint density at radius 3 is 2.46 bits per heavy atom. The molecule has 0 unspecified atom stereocenters. The molecule has 7 nitrogen and oxygen atoms in total. The first kappa shape index (κ1) is 17.2. The van der Waals surface area contributed by atoms with Crippen molar-refractivity contribution in [3.63, 3.8) is 0 Å². The van der Waals surface area contributed by atoms with E-state index in [4.69, 9.17) is 5.26 Å². The SMILES string of the molecule is Cn1ccnc1CNC(=O)C(=O)Nc1ccc(C(C)(C)C#N)cc1. The zero-order chi connectivity index (χ0) is 17.7. The number of benzene rings is 1. The number of amides is 2. The van der Waals surface area contributed by atoms with E-state index >= 15 is 0 Å². The number of nitrogens with one attached hydrogen (secondary N) is 2. The molecule has 0 saturated carbocycles. The first-order valence-electron chi connectivity index (χ1n) is 7.40. The number of aromatic nitrogens is 2. The lowest BCUT2D eigenvalue weighted by atomic mass is 9.86. The largest absolute Gasteiger partial charge is 0.341 e. The van der Waals surface area contributed by atoms with Crippen LogP contribution in [-0.4, -0.2) is 21.4 Å². The fourth-order valence-electron chi connectivity index (χ4n) is 2.03. The summed E-state index contributed by atoms with van der Waals surface area (Å²) in [5.41, 5.74) is 0.717. The van der Waals surface area contributed by atoms with Gasteiger partial charge in [0, 0.05) is 25.1 Å². The molecule has 0 bridgehead atoms. The second kappa shape index (κ2) is 6.96. The van der Waals surface area contributed by atoms with Crippen molar-refractivity contribution >= 4 is 17.5 Å². The highest BCUT2D eigenvalue weighted by Crippen LogP contribution is 2.23. The first-order chi connectivity index (χ1) is 11.3. The second-order valence-corrected chi connectivity index (χ2v) is 5.91. The Hall–Kier alpha value is -3.14. The van der Waals surface area contributed by atoms with Gasteiger partial charge in [-0.1, -0.05) is 12.1 Å². The Labute approximate surface area is 140 Å². The smallest absolute Gasteiger partial charge is 0.313 e. The van der Waals surface area contributed by atoms with Crippen molar-refractivity contribution in [1.82, 2.24) is 14.9 Å². The standard InChI is InChI=1S/C17H19N5O2/c1-17(2,11-18)12-4-6-13(7-5-12)21-16(24)15(23)20-10-14-19-8-9-22(14)3/h4-9H,10H2,1-3H3,(H,20,23)(H,21,24). The number of carbonyl (C=O) groups excluding carboxylic acids is 2. The van der Waals surface area contributed by atoms with Gasteiger partial charge in [-0.2, -0.15) is 5.26 Å². The van der Waals surface area contributed by atoms with Crippen LogP contribution in [0.15, 0.2) is 36.7 Å². The van der Waals surface area contributed by atoms with Crippen molar-refractivity contribution in [3.05, 3.63) is 48.0 Å². The fourth-order valence-corrected chi connectivity index (χ4v) is 2.03. The molecule has 0 aliphatic rings. The predicted molar refractivity (Wildman–Crippen MR) is 88.8 cm³/mol. The fraction of sp³-hybridized carbons (Fsp3) is 0.294. The molecule has 24 heavy (non-hydrogen) atoms. The van der Waals surface area contributed by atoms with Crippen LogP contribution in [0.5, 0.6) is 0 Å². The van der Waals surface area contributed by atoms with Gasteiger partial charge >= 0.3 is 11.8 Å². The number of hydrogen-bond donors (Lipinski definition) is 2. The molecule has 1 aromatic carbocycles. The summed E-state index contributed by atoms with van der Waals surface area (Å²) in [7, 11) is 1.80. The third-order valence-electron chi connectivity index (χ3n) is 3.68. The Morgan fingerprint density at radius 2 is 1.92 bits per heavy atom. The highest BCUT2D eigenvalue weighted by Gasteiger charge is 2.20. The van der Waals surface area contributed by atoms with Crippen molar-refractivity contribution in [2.75, 3.05) is 5.32 Å². The summed E-state index contributed by atoms with van der Waals surface area (Å²) in [5, 5.41) is 14.1. The van der Waals surface area contributed by atoms with E-state index in [1.54, 1.807) is 48.3 Å². The van der Waals surface area contributed by atoms with Gasteiger partial charge in [-0.15, -0.1) is 0 Å². The van der Waals surface area contributed by atoms with Crippen molar-refractivity contribution in [1.29, 1.82) is 5.26 Å². The average molecular weight is 325 g/mol. The number of nitriles is 1.